The molecule has 22 heavy (non-hydrogen) atoms. The monoisotopic (exact) mass is 378 g/mol. The van der Waals surface area contributed by atoms with E-state index >= 15 is 0 Å². The van der Waals surface area contributed by atoms with Crippen LogP contribution in [0.5, 0.6) is 0 Å². The summed E-state index contributed by atoms with van der Waals surface area (Å²) in [5.41, 5.74) is 0.575. The third-order valence-electron chi connectivity index (χ3n) is 3.51. The number of carbonyl (C=O) groups excluding carboxylic acids is 1. The number of hydrogen-bond donors (Lipinski definition) is 0. The van der Waals surface area contributed by atoms with Crippen LogP contribution in [0.2, 0.25) is 10.0 Å². The predicted octanol–water partition coefficient (Wildman–Crippen LogP) is 2.61. The summed E-state index contributed by atoms with van der Waals surface area (Å²) >= 11 is 13.6. The molecule has 0 aromatic heterocycles. The normalized spacial score (nSPS) is 28.1. The summed E-state index contributed by atoms with van der Waals surface area (Å²) in [4.78, 5) is 17.1. The van der Waals surface area contributed by atoms with Crippen molar-refractivity contribution < 1.29 is 13.2 Å². The zero-order chi connectivity index (χ0) is 16.1. The third-order valence-corrected chi connectivity index (χ3v) is 7.53. The van der Waals surface area contributed by atoms with E-state index < -0.39 is 9.84 Å². The number of amides is 1. The van der Waals surface area contributed by atoms with Gasteiger partial charge in [-0.2, -0.15) is 4.99 Å². The van der Waals surface area contributed by atoms with Gasteiger partial charge in [0.2, 0.25) is 5.91 Å². The van der Waals surface area contributed by atoms with Gasteiger partial charge < -0.3 is 4.90 Å². The standard InChI is InChI=1S/C13H12Cl2N2O3S2/c1-7(18)16-13-17(9-4-2-3-8(14)12(9)15)10-5-22(19,20)6-11(10)21-13/h2-4,10-11H,5-6H2,1H3/t10-,11-/m0/s1. The molecule has 2 saturated heterocycles. The molecule has 0 N–H and O–H groups in total. The SMILES string of the molecule is CC(=O)N=C1S[C@H]2CS(=O)(=O)C[C@@H]2N1c1cccc(Cl)c1Cl. The molecule has 0 radical (unpaired) electrons. The van der Waals surface area contributed by atoms with Gasteiger partial charge in [0, 0.05) is 12.2 Å². The lowest BCUT2D eigenvalue weighted by molar-refractivity contribution is -0.115. The van der Waals surface area contributed by atoms with E-state index in [-0.39, 0.29) is 28.7 Å². The first-order valence-corrected chi connectivity index (χ1v) is 9.94. The minimum atomic E-state index is -3.10. The molecular formula is C13H12Cl2N2O3S2. The molecule has 1 aromatic rings. The molecule has 118 valence electrons. The number of nitrogens with zero attached hydrogens (tertiary/aromatic N) is 2. The van der Waals surface area contributed by atoms with Gasteiger partial charge in [0.25, 0.3) is 0 Å². The second kappa shape index (κ2) is 5.70. The average Bonchev–Trinajstić information content (AvgIpc) is 2.84. The Morgan fingerprint density at radius 3 is 2.77 bits per heavy atom. The highest BCUT2D eigenvalue weighted by atomic mass is 35.5. The topological polar surface area (TPSA) is 66.8 Å². The van der Waals surface area contributed by atoms with Crippen molar-refractivity contribution in [1.29, 1.82) is 0 Å². The van der Waals surface area contributed by atoms with Crippen LogP contribution in [0.4, 0.5) is 5.69 Å². The highest BCUT2D eigenvalue weighted by molar-refractivity contribution is 8.16. The van der Waals surface area contributed by atoms with Gasteiger partial charge in [0.1, 0.15) is 0 Å². The lowest BCUT2D eigenvalue weighted by Gasteiger charge is -2.25. The van der Waals surface area contributed by atoms with Gasteiger partial charge in [-0.3, -0.25) is 4.79 Å². The third kappa shape index (κ3) is 2.87. The van der Waals surface area contributed by atoms with E-state index in [0.717, 1.165) is 0 Å². The zero-order valence-corrected chi connectivity index (χ0v) is 14.6. The quantitative estimate of drug-likeness (QED) is 0.751. The number of aliphatic imine (C=N–C) groups is 1. The molecule has 2 heterocycles. The van der Waals surface area contributed by atoms with Gasteiger partial charge in [-0.15, -0.1) is 0 Å². The van der Waals surface area contributed by atoms with E-state index in [1.54, 1.807) is 23.1 Å². The molecular weight excluding hydrogens is 367 g/mol. The maximum absolute atomic E-state index is 11.9. The molecule has 0 saturated carbocycles. The molecule has 2 fully saturated rings. The number of halogens is 2. The van der Waals surface area contributed by atoms with Crippen molar-refractivity contribution in [3.05, 3.63) is 28.2 Å². The number of carbonyl (C=O) groups is 1. The number of sulfone groups is 1. The largest absolute Gasteiger partial charge is 0.314 e. The Kier molecular flexibility index (Phi) is 4.18. The minimum absolute atomic E-state index is 0.0183. The summed E-state index contributed by atoms with van der Waals surface area (Å²) in [6.45, 7) is 1.36. The summed E-state index contributed by atoms with van der Waals surface area (Å²) in [5.74, 6) is -0.244. The first kappa shape index (κ1) is 16.1. The van der Waals surface area contributed by atoms with Crippen LogP contribution in [-0.2, 0) is 14.6 Å². The smallest absolute Gasteiger partial charge is 0.244 e. The summed E-state index contributed by atoms with van der Waals surface area (Å²) in [6, 6.07) is 4.85. The molecule has 2 atom stereocenters. The Bertz CT molecular complexity index is 779. The first-order valence-electron chi connectivity index (χ1n) is 6.48. The van der Waals surface area contributed by atoms with Crippen LogP contribution in [0.25, 0.3) is 0 Å². The Morgan fingerprint density at radius 2 is 2.09 bits per heavy atom. The summed E-state index contributed by atoms with van der Waals surface area (Å²) in [6.07, 6.45) is 0. The summed E-state index contributed by atoms with van der Waals surface area (Å²) in [5, 5.41) is 1.02. The summed E-state index contributed by atoms with van der Waals surface area (Å²) < 4.78 is 23.8. The Hall–Kier alpha value is -0.760. The average molecular weight is 379 g/mol. The minimum Gasteiger partial charge on any atom is -0.314 e. The van der Waals surface area contributed by atoms with E-state index in [2.05, 4.69) is 4.99 Å². The number of thioether (sulfide) groups is 1. The lowest BCUT2D eigenvalue weighted by atomic mass is 10.2. The van der Waals surface area contributed by atoms with Crippen LogP contribution < -0.4 is 4.90 Å². The van der Waals surface area contributed by atoms with Crippen molar-refractivity contribution in [1.82, 2.24) is 0 Å². The van der Waals surface area contributed by atoms with Gasteiger partial charge in [-0.05, 0) is 12.1 Å². The van der Waals surface area contributed by atoms with Gasteiger partial charge in [-0.1, -0.05) is 41.0 Å². The number of anilines is 1. The van der Waals surface area contributed by atoms with Crippen LogP contribution >= 0.6 is 35.0 Å². The Balaban J connectivity index is 2.10. The number of benzene rings is 1. The van der Waals surface area contributed by atoms with E-state index in [9.17, 15) is 13.2 Å². The maximum atomic E-state index is 11.9. The maximum Gasteiger partial charge on any atom is 0.244 e. The molecule has 1 amide bonds. The van der Waals surface area contributed by atoms with E-state index in [1.165, 1.54) is 18.7 Å². The number of fused-ring (bicyclic) bond motifs is 1. The van der Waals surface area contributed by atoms with Gasteiger partial charge in [-0.25, -0.2) is 8.42 Å². The van der Waals surface area contributed by atoms with E-state index in [0.29, 0.717) is 20.9 Å². The van der Waals surface area contributed by atoms with Crippen molar-refractivity contribution >= 4 is 61.6 Å². The first-order chi connectivity index (χ1) is 10.3. The predicted molar refractivity (Wildman–Crippen MR) is 90.9 cm³/mol. The second-order valence-electron chi connectivity index (χ2n) is 5.16. The van der Waals surface area contributed by atoms with Crippen molar-refractivity contribution in [2.75, 3.05) is 16.4 Å². The molecule has 0 spiro atoms. The second-order valence-corrected chi connectivity index (χ2v) is 9.30. The summed E-state index contributed by atoms with van der Waals surface area (Å²) in [7, 11) is -3.10. The van der Waals surface area contributed by atoms with Crippen LogP contribution in [0.1, 0.15) is 6.92 Å². The fraction of sp³-hybridized carbons (Fsp3) is 0.385. The molecule has 0 unspecified atom stereocenters. The molecule has 5 nitrogen and oxygen atoms in total. The van der Waals surface area contributed by atoms with Crippen LogP contribution in [0.15, 0.2) is 23.2 Å². The van der Waals surface area contributed by atoms with Crippen molar-refractivity contribution in [2.45, 2.75) is 18.2 Å². The van der Waals surface area contributed by atoms with Crippen LogP contribution in [-0.4, -0.2) is 42.3 Å². The lowest BCUT2D eigenvalue weighted by Crippen LogP contribution is -2.37. The number of hydrogen-bond acceptors (Lipinski definition) is 4. The Morgan fingerprint density at radius 1 is 1.36 bits per heavy atom. The highest BCUT2D eigenvalue weighted by Crippen LogP contribution is 2.44. The van der Waals surface area contributed by atoms with Gasteiger partial charge in [0.05, 0.1) is 33.3 Å². The zero-order valence-electron chi connectivity index (χ0n) is 11.5. The molecule has 0 bridgehead atoms. The van der Waals surface area contributed by atoms with Crippen molar-refractivity contribution in [3.8, 4) is 0 Å². The Labute approximate surface area is 142 Å². The molecule has 2 aliphatic rings. The van der Waals surface area contributed by atoms with Crippen LogP contribution in [0, 0.1) is 0 Å². The molecule has 2 aliphatic heterocycles. The fourth-order valence-electron chi connectivity index (χ4n) is 2.66. The highest BCUT2D eigenvalue weighted by Gasteiger charge is 2.49. The van der Waals surface area contributed by atoms with Gasteiger partial charge >= 0.3 is 0 Å². The van der Waals surface area contributed by atoms with Crippen molar-refractivity contribution in [2.24, 2.45) is 4.99 Å². The van der Waals surface area contributed by atoms with Crippen LogP contribution in [0.3, 0.4) is 0 Å². The number of rotatable bonds is 1. The fourth-order valence-corrected chi connectivity index (χ4v) is 7.00. The van der Waals surface area contributed by atoms with E-state index in [4.69, 9.17) is 23.2 Å². The van der Waals surface area contributed by atoms with E-state index in [1.807, 2.05) is 0 Å². The molecule has 3 rings (SSSR count). The van der Waals surface area contributed by atoms with Gasteiger partial charge in [0.15, 0.2) is 15.0 Å². The number of amidine groups is 1. The molecule has 9 heteroatoms. The molecule has 0 aliphatic carbocycles. The molecule has 1 aromatic carbocycles. The van der Waals surface area contributed by atoms with Crippen molar-refractivity contribution in [3.63, 3.8) is 0 Å².